The Balaban J connectivity index is 1.74. The molecular weight excluding hydrogens is 278 g/mol. The van der Waals surface area contributed by atoms with Gasteiger partial charge in [-0.1, -0.05) is 18.2 Å². The van der Waals surface area contributed by atoms with E-state index in [0.717, 1.165) is 12.0 Å². The fraction of sp³-hybridized carbons (Fsp3) is 0. The number of rotatable bonds is 5. The van der Waals surface area contributed by atoms with Gasteiger partial charge in [-0.05, 0) is 36.4 Å². The summed E-state index contributed by atoms with van der Waals surface area (Å²) in [6.07, 6.45) is 4.01. The molecular formula is C18H13NO3. The summed E-state index contributed by atoms with van der Waals surface area (Å²) in [4.78, 5) is 14.7. The van der Waals surface area contributed by atoms with E-state index >= 15 is 0 Å². The number of para-hydroxylation sites is 1. The molecule has 4 heteroatoms. The molecule has 3 rings (SSSR count). The van der Waals surface area contributed by atoms with Gasteiger partial charge in [-0.3, -0.25) is 9.78 Å². The largest absolute Gasteiger partial charge is 0.456 e. The van der Waals surface area contributed by atoms with Crippen molar-refractivity contribution in [1.29, 1.82) is 0 Å². The number of benzene rings is 2. The number of ether oxygens (including phenoxy) is 2. The summed E-state index contributed by atoms with van der Waals surface area (Å²) in [6, 6.07) is 18.1. The Morgan fingerprint density at radius 1 is 0.727 bits per heavy atom. The SMILES string of the molecule is O=Cc1ccc(Oc2cncc(Oc3ccccc3)c2)cc1. The van der Waals surface area contributed by atoms with Crippen LogP contribution in [-0.4, -0.2) is 11.3 Å². The summed E-state index contributed by atoms with van der Waals surface area (Å²) >= 11 is 0. The molecule has 0 N–H and O–H groups in total. The van der Waals surface area contributed by atoms with E-state index in [9.17, 15) is 4.79 Å². The van der Waals surface area contributed by atoms with Gasteiger partial charge in [0, 0.05) is 11.6 Å². The monoisotopic (exact) mass is 291 g/mol. The lowest BCUT2D eigenvalue weighted by atomic mass is 10.2. The second-order valence-electron chi connectivity index (χ2n) is 4.56. The van der Waals surface area contributed by atoms with Crippen molar-refractivity contribution in [3.8, 4) is 23.0 Å². The van der Waals surface area contributed by atoms with Gasteiger partial charge in [0.2, 0.25) is 0 Å². The zero-order valence-corrected chi connectivity index (χ0v) is 11.7. The quantitative estimate of drug-likeness (QED) is 0.650. The number of hydrogen-bond donors (Lipinski definition) is 0. The molecule has 0 bridgehead atoms. The fourth-order valence-electron chi connectivity index (χ4n) is 1.89. The van der Waals surface area contributed by atoms with E-state index < -0.39 is 0 Å². The Kier molecular flexibility index (Phi) is 4.11. The average molecular weight is 291 g/mol. The third-order valence-electron chi connectivity index (χ3n) is 2.92. The molecule has 0 aliphatic rings. The third kappa shape index (κ3) is 3.49. The van der Waals surface area contributed by atoms with Crippen molar-refractivity contribution in [3.63, 3.8) is 0 Å². The van der Waals surface area contributed by atoms with Gasteiger partial charge in [-0.2, -0.15) is 0 Å². The minimum Gasteiger partial charge on any atom is -0.456 e. The molecule has 3 aromatic rings. The lowest BCUT2D eigenvalue weighted by Crippen LogP contribution is -1.89. The maximum absolute atomic E-state index is 10.6. The summed E-state index contributed by atoms with van der Waals surface area (Å²) in [6.45, 7) is 0. The van der Waals surface area contributed by atoms with Crippen molar-refractivity contribution in [2.75, 3.05) is 0 Å². The molecule has 0 spiro atoms. The Labute approximate surface area is 128 Å². The molecule has 4 nitrogen and oxygen atoms in total. The highest BCUT2D eigenvalue weighted by molar-refractivity contribution is 5.74. The maximum atomic E-state index is 10.6. The van der Waals surface area contributed by atoms with E-state index in [1.165, 1.54) is 0 Å². The number of carbonyl (C=O) groups is 1. The van der Waals surface area contributed by atoms with E-state index in [-0.39, 0.29) is 0 Å². The van der Waals surface area contributed by atoms with E-state index in [4.69, 9.17) is 9.47 Å². The lowest BCUT2D eigenvalue weighted by Gasteiger charge is -2.08. The van der Waals surface area contributed by atoms with Crippen LogP contribution in [0.3, 0.4) is 0 Å². The molecule has 22 heavy (non-hydrogen) atoms. The topological polar surface area (TPSA) is 48.4 Å². The molecule has 0 aliphatic heterocycles. The second kappa shape index (κ2) is 6.54. The lowest BCUT2D eigenvalue weighted by molar-refractivity contribution is 0.112. The minimum absolute atomic E-state index is 0.562. The van der Waals surface area contributed by atoms with E-state index in [2.05, 4.69) is 4.98 Å². The average Bonchev–Trinajstić information content (AvgIpc) is 2.57. The van der Waals surface area contributed by atoms with Crippen molar-refractivity contribution in [3.05, 3.63) is 78.6 Å². The van der Waals surface area contributed by atoms with E-state index in [1.807, 2.05) is 30.3 Å². The zero-order chi connectivity index (χ0) is 15.2. The van der Waals surface area contributed by atoms with E-state index in [0.29, 0.717) is 22.8 Å². The molecule has 0 unspecified atom stereocenters. The normalized spacial score (nSPS) is 10.0. The van der Waals surface area contributed by atoms with Crippen LogP contribution < -0.4 is 9.47 Å². The zero-order valence-electron chi connectivity index (χ0n) is 11.7. The predicted molar refractivity (Wildman–Crippen MR) is 82.7 cm³/mol. The fourth-order valence-corrected chi connectivity index (χ4v) is 1.89. The number of nitrogens with zero attached hydrogens (tertiary/aromatic N) is 1. The number of carbonyl (C=O) groups excluding carboxylic acids is 1. The molecule has 0 saturated heterocycles. The maximum Gasteiger partial charge on any atom is 0.150 e. The molecule has 0 saturated carbocycles. The molecule has 0 radical (unpaired) electrons. The predicted octanol–water partition coefficient (Wildman–Crippen LogP) is 4.48. The molecule has 0 atom stereocenters. The van der Waals surface area contributed by atoms with Crippen LogP contribution in [0.1, 0.15) is 10.4 Å². The van der Waals surface area contributed by atoms with Crippen LogP contribution >= 0.6 is 0 Å². The number of hydrogen-bond acceptors (Lipinski definition) is 4. The highest BCUT2D eigenvalue weighted by Gasteiger charge is 2.02. The van der Waals surface area contributed by atoms with Gasteiger partial charge in [0.05, 0.1) is 12.4 Å². The van der Waals surface area contributed by atoms with Crippen molar-refractivity contribution < 1.29 is 14.3 Å². The third-order valence-corrected chi connectivity index (χ3v) is 2.92. The first-order valence-electron chi connectivity index (χ1n) is 6.74. The van der Waals surface area contributed by atoms with Gasteiger partial charge in [0.1, 0.15) is 29.3 Å². The van der Waals surface area contributed by atoms with Crippen LogP contribution in [0, 0.1) is 0 Å². The number of pyridine rings is 1. The molecule has 0 aliphatic carbocycles. The van der Waals surface area contributed by atoms with Gasteiger partial charge in [-0.15, -0.1) is 0 Å². The second-order valence-corrected chi connectivity index (χ2v) is 4.56. The Hall–Kier alpha value is -3.14. The number of aromatic nitrogens is 1. The van der Waals surface area contributed by atoms with Crippen molar-refractivity contribution in [1.82, 2.24) is 4.98 Å². The standard InChI is InChI=1S/C18H13NO3/c20-13-14-6-8-16(9-7-14)22-18-10-17(11-19-12-18)21-15-4-2-1-3-5-15/h1-13H. The van der Waals surface area contributed by atoms with Gasteiger partial charge in [0.25, 0.3) is 0 Å². The van der Waals surface area contributed by atoms with Gasteiger partial charge in [0.15, 0.2) is 0 Å². The minimum atomic E-state index is 0.562. The molecule has 1 aromatic heterocycles. The van der Waals surface area contributed by atoms with Gasteiger partial charge >= 0.3 is 0 Å². The van der Waals surface area contributed by atoms with Crippen molar-refractivity contribution in [2.45, 2.75) is 0 Å². The summed E-state index contributed by atoms with van der Waals surface area (Å²) < 4.78 is 11.4. The molecule has 0 amide bonds. The molecule has 2 aromatic carbocycles. The molecule has 1 heterocycles. The Morgan fingerprint density at radius 2 is 1.32 bits per heavy atom. The summed E-state index contributed by atoms with van der Waals surface area (Å²) in [5.41, 5.74) is 0.603. The first-order valence-corrected chi connectivity index (χ1v) is 6.74. The van der Waals surface area contributed by atoms with E-state index in [1.54, 1.807) is 42.7 Å². The first kappa shape index (κ1) is 13.8. The van der Waals surface area contributed by atoms with Crippen LogP contribution in [0.4, 0.5) is 0 Å². The van der Waals surface area contributed by atoms with Crippen LogP contribution in [0.15, 0.2) is 73.1 Å². The van der Waals surface area contributed by atoms with Crippen LogP contribution in [0.5, 0.6) is 23.0 Å². The van der Waals surface area contributed by atoms with Crippen molar-refractivity contribution in [2.24, 2.45) is 0 Å². The highest BCUT2D eigenvalue weighted by atomic mass is 16.5. The summed E-state index contributed by atoms with van der Waals surface area (Å²) in [5, 5.41) is 0. The van der Waals surface area contributed by atoms with Crippen LogP contribution in [-0.2, 0) is 0 Å². The highest BCUT2D eigenvalue weighted by Crippen LogP contribution is 2.27. The van der Waals surface area contributed by atoms with Gasteiger partial charge < -0.3 is 9.47 Å². The van der Waals surface area contributed by atoms with Gasteiger partial charge in [-0.25, -0.2) is 0 Å². The Bertz CT molecular complexity index is 755. The summed E-state index contributed by atoms with van der Waals surface area (Å²) in [7, 11) is 0. The smallest absolute Gasteiger partial charge is 0.150 e. The molecule has 0 fully saturated rings. The first-order chi connectivity index (χ1) is 10.8. The number of aldehydes is 1. The van der Waals surface area contributed by atoms with Crippen LogP contribution in [0.25, 0.3) is 0 Å². The Morgan fingerprint density at radius 3 is 1.91 bits per heavy atom. The summed E-state index contributed by atoms with van der Waals surface area (Å²) in [5.74, 6) is 2.52. The van der Waals surface area contributed by atoms with Crippen LogP contribution in [0.2, 0.25) is 0 Å². The molecule has 108 valence electrons. The van der Waals surface area contributed by atoms with Crippen molar-refractivity contribution >= 4 is 6.29 Å².